The van der Waals surface area contributed by atoms with Gasteiger partial charge in [0.1, 0.15) is 0 Å². The van der Waals surface area contributed by atoms with Crippen molar-refractivity contribution in [3.63, 3.8) is 0 Å². The minimum absolute atomic E-state index is 0.0871. The van der Waals surface area contributed by atoms with E-state index in [1.54, 1.807) is 18.3 Å². The standard InChI is InChI=1S/C18H25N3O2S/c1-12(2)21(9-13(3)22)10-18(23)20-16-7-5-6-15(8-16)17-11-24-14(4)19-17/h5-8,11-13,22H,9-10H2,1-4H3,(H,20,23). The Morgan fingerprint density at radius 2 is 2.12 bits per heavy atom. The van der Waals surface area contributed by atoms with E-state index in [0.29, 0.717) is 6.54 Å². The van der Waals surface area contributed by atoms with Gasteiger partial charge in [-0.25, -0.2) is 4.98 Å². The number of hydrogen-bond donors (Lipinski definition) is 2. The zero-order valence-corrected chi connectivity index (χ0v) is 15.4. The van der Waals surface area contributed by atoms with Crippen molar-refractivity contribution in [2.24, 2.45) is 0 Å². The highest BCUT2D eigenvalue weighted by Gasteiger charge is 2.16. The highest BCUT2D eigenvalue weighted by Crippen LogP contribution is 2.24. The van der Waals surface area contributed by atoms with Crippen LogP contribution in [0.3, 0.4) is 0 Å². The van der Waals surface area contributed by atoms with Crippen LogP contribution in [0.2, 0.25) is 0 Å². The van der Waals surface area contributed by atoms with Crippen LogP contribution in [0.4, 0.5) is 5.69 Å². The monoisotopic (exact) mass is 347 g/mol. The summed E-state index contributed by atoms with van der Waals surface area (Å²) in [4.78, 5) is 18.7. The second-order valence-electron chi connectivity index (χ2n) is 6.25. The summed E-state index contributed by atoms with van der Waals surface area (Å²) in [5, 5.41) is 15.5. The highest BCUT2D eigenvalue weighted by atomic mass is 32.1. The van der Waals surface area contributed by atoms with Gasteiger partial charge >= 0.3 is 0 Å². The third kappa shape index (κ3) is 5.40. The van der Waals surface area contributed by atoms with Crippen LogP contribution < -0.4 is 5.32 Å². The van der Waals surface area contributed by atoms with Crippen molar-refractivity contribution in [2.45, 2.75) is 39.8 Å². The number of amides is 1. The van der Waals surface area contributed by atoms with Crippen molar-refractivity contribution in [1.82, 2.24) is 9.88 Å². The van der Waals surface area contributed by atoms with E-state index in [9.17, 15) is 9.90 Å². The predicted molar refractivity (Wildman–Crippen MR) is 99.3 cm³/mol. The number of rotatable bonds is 7. The Labute approximate surface area is 147 Å². The number of thiazole rings is 1. The van der Waals surface area contributed by atoms with Crippen molar-refractivity contribution in [2.75, 3.05) is 18.4 Å². The zero-order valence-electron chi connectivity index (χ0n) is 14.6. The molecule has 0 aliphatic rings. The van der Waals surface area contributed by atoms with Gasteiger partial charge in [-0.15, -0.1) is 11.3 Å². The third-order valence-electron chi connectivity index (χ3n) is 3.64. The molecule has 1 amide bonds. The topological polar surface area (TPSA) is 65.5 Å². The average Bonchev–Trinajstić information content (AvgIpc) is 2.93. The molecule has 1 atom stereocenters. The Kier molecular flexibility index (Phi) is 6.48. The summed E-state index contributed by atoms with van der Waals surface area (Å²) in [5.41, 5.74) is 2.66. The minimum Gasteiger partial charge on any atom is -0.392 e. The summed E-state index contributed by atoms with van der Waals surface area (Å²) in [6.07, 6.45) is -0.462. The number of aromatic nitrogens is 1. The van der Waals surface area contributed by atoms with E-state index in [4.69, 9.17) is 0 Å². The lowest BCUT2D eigenvalue weighted by atomic mass is 10.1. The van der Waals surface area contributed by atoms with Crippen LogP contribution in [0.15, 0.2) is 29.6 Å². The lowest BCUT2D eigenvalue weighted by Gasteiger charge is -2.26. The number of nitrogens with zero attached hydrogens (tertiary/aromatic N) is 2. The maximum Gasteiger partial charge on any atom is 0.238 e. The van der Waals surface area contributed by atoms with Gasteiger partial charge in [0.15, 0.2) is 0 Å². The average molecular weight is 347 g/mol. The van der Waals surface area contributed by atoms with Crippen molar-refractivity contribution in [1.29, 1.82) is 0 Å². The van der Waals surface area contributed by atoms with Gasteiger partial charge in [-0.3, -0.25) is 9.69 Å². The molecule has 1 aromatic heterocycles. The van der Waals surface area contributed by atoms with Crippen molar-refractivity contribution in [3.05, 3.63) is 34.7 Å². The smallest absolute Gasteiger partial charge is 0.238 e. The summed E-state index contributed by atoms with van der Waals surface area (Å²) in [5.74, 6) is -0.0871. The number of hydrogen-bond acceptors (Lipinski definition) is 5. The third-order valence-corrected chi connectivity index (χ3v) is 4.41. The molecule has 130 valence electrons. The fourth-order valence-electron chi connectivity index (χ4n) is 2.43. The molecule has 0 saturated carbocycles. The van der Waals surface area contributed by atoms with Crippen molar-refractivity contribution in [3.8, 4) is 11.3 Å². The van der Waals surface area contributed by atoms with Gasteiger partial charge < -0.3 is 10.4 Å². The van der Waals surface area contributed by atoms with Gasteiger partial charge in [-0.1, -0.05) is 12.1 Å². The van der Waals surface area contributed by atoms with E-state index in [0.717, 1.165) is 22.0 Å². The molecular formula is C18H25N3O2S. The van der Waals surface area contributed by atoms with Crippen LogP contribution in [0, 0.1) is 6.92 Å². The lowest BCUT2D eigenvalue weighted by Crippen LogP contribution is -2.41. The fraction of sp³-hybridized carbons (Fsp3) is 0.444. The molecule has 0 saturated heterocycles. The Morgan fingerprint density at radius 3 is 2.71 bits per heavy atom. The summed E-state index contributed by atoms with van der Waals surface area (Å²) in [6, 6.07) is 7.89. The number of aliphatic hydroxyl groups excluding tert-OH is 1. The summed E-state index contributed by atoms with van der Waals surface area (Å²) in [7, 11) is 0. The number of carbonyl (C=O) groups is 1. The number of aryl methyl sites for hydroxylation is 1. The van der Waals surface area contributed by atoms with Gasteiger partial charge in [0.2, 0.25) is 5.91 Å². The Bertz CT molecular complexity index is 682. The van der Waals surface area contributed by atoms with Crippen LogP contribution >= 0.6 is 11.3 Å². The minimum atomic E-state index is -0.462. The first-order valence-corrected chi connectivity index (χ1v) is 8.97. The molecule has 6 heteroatoms. The van der Waals surface area contributed by atoms with Gasteiger partial charge in [0, 0.05) is 29.2 Å². The van der Waals surface area contributed by atoms with Gasteiger partial charge in [0.05, 0.1) is 23.4 Å². The van der Waals surface area contributed by atoms with Crippen LogP contribution in [0.25, 0.3) is 11.3 Å². The molecule has 0 fully saturated rings. The number of aliphatic hydroxyl groups is 1. The van der Waals surface area contributed by atoms with Gasteiger partial charge in [-0.2, -0.15) is 0 Å². The first kappa shape index (κ1) is 18.6. The molecule has 1 aromatic carbocycles. The molecular weight excluding hydrogens is 322 g/mol. The molecule has 0 radical (unpaired) electrons. The first-order valence-electron chi connectivity index (χ1n) is 8.09. The summed E-state index contributed by atoms with van der Waals surface area (Å²) < 4.78 is 0. The highest BCUT2D eigenvalue weighted by molar-refractivity contribution is 7.09. The molecule has 0 aliphatic heterocycles. The van der Waals surface area contributed by atoms with E-state index in [-0.39, 0.29) is 18.5 Å². The number of benzene rings is 1. The molecule has 2 aromatic rings. The summed E-state index contributed by atoms with van der Waals surface area (Å²) >= 11 is 1.61. The Morgan fingerprint density at radius 1 is 1.38 bits per heavy atom. The van der Waals surface area contributed by atoms with Crippen LogP contribution in [-0.4, -0.2) is 46.1 Å². The Hall–Kier alpha value is -1.76. The van der Waals surface area contributed by atoms with Crippen molar-refractivity contribution >= 4 is 22.9 Å². The molecule has 24 heavy (non-hydrogen) atoms. The predicted octanol–water partition coefficient (Wildman–Crippen LogP) is 3.15. The first-order chi connectivity index (χ1) is 11.3. The van der Waals surface area contributed by atoms with Gasteiger partial charge in [0.25, 0.3) is 0 Å². The number of anilines is 1. The van der Waals surface area contributed by atoms with E-state index in [1.807, 2.05) is 55.3 Å². The molecule has 0 spiro atoms. The number of nitrogens with one attached hydrogen (secondary N) is 1. The fourth-order valence-corrected chi connectivity index (χ4v) is 3.06. The SMILES string of the molecule is Cc1nc(-c2cccc(NC(=O)CN(CC(C)O)C(C)C)c2)cs1. The zero-order chi connectivity index (χ0) is 17.7. The van der Waals surface area contributed by atoms with Crippen LogP contribution in [0.1, 0.15) is 25.8 Å². The molecule has 1 unspecified atom stereocenters. The second-order valence-corrected chi connectivity index (χ2v) is 7.32. The molecule has 2 rings (SSSR count). The van der Waals surface area contributed by atoms with E-state index >= 15 is 0 Å². The second kappa shape index (κ2) is 8.37. The Balaban J connectivity index is 2.03. The lowest BCUT2D eigenvalue weighted by molar-refractivity contribution is -0.118. The van der Waals surface area contributed by atoms with Gasteiger partial charge in [-0.05, 0) is 39.8 Å². The van der Waals surface area contributed by atoms with Crippen molar-refractivity contribution < 1.29 is 9.90 Å². The number of carbonyl (C=O) groups excluding carboxylic acids is 1. The van der Waals surface area contributed by atoms with E-state index in [1.165, 1.54) is 0 Å². The molecule has 0 bridgehead atoms. The van der Waals surface area contributed by atoms with Crippen LogP contribution in [-0.2, 0) is 4.79 Å². The normalized spacial score (nSPS) is 12.6. The maximum atomic E-state index is 12.3. The van der Waals surface area contributed by atoms with Crippen LogP contribution in [0.5, 0.6) is 0 Å². The molecule has 0 aliphatic carbocycles. The van der Waals surface area contributed by atoms with E-state index < -0.39 is 6.10 Å². The van der Waals surface area contributed by atoms with E-state index in [2.05, 4.69) is 10.3 Å². The maximum absolute atomic E-state index is 12.3. The summed E-state index contributed by atoms with van der Waals surface area (Å²) in [6.45, 7) is 8.46. The largest absolute Gasteiger partial charge is 0.392 e. The molecule has 2 N–H and O–H groups in total. The quantitative estimate of drug-likeness (QED) is 0.807. The molecule has 5 nitrogen and oxygen atoms in total. The molecule has 1 heterocycles.